The summed E-state index contributed by atoms with van der Waals surface area (Å²) in [6.07, 6.45) is 8.76. The van der Waals surface area contributed by atoms with E-state index in [-0.39, 0.29) is 36.9 Å². The fraction of sp³-hybridized carbons (Fsp3) is 0.516. The van der Waals surface area contributed by atoms with Gasteiger partial charge in [-0.3, -0.25) is 4.79 Å². The van der Waals surface area contributed by atoms with Gasteiger partial charge in [-0.15, -0.1) is 0 Å². The lowest BCUT2D eigenvalue weighted by atomic mass is 9.99. The van der Waals surface area contributed by atoms with Crippen molar-refractivity contribution < 1.29 is 24.5 Å². The maximum atomic E-state index is 12.6. The highest BCUT2D eigenvalue weighted by Gasteiger charge is 2.25. The van der Waals surface area contributed by atoms with Crippen LogP contribution in [0.4, 0.5) is 16.4 Å². The topological polar surface area (TPSA) is 163 Å². The molecule has 4 heterocycles. The number of carbonyl (C=O) groups is 2. The molecule has 1 saturated heterocycles. The molecule has 1 atom stereocenters. The minimum Gasteiger partial charge on any atom is -0.478 e. The number of anilines is 2. The van der Waals surface area contributed by atoms with E-state index in [0.717, 1.165) is 60.6 Å². The van der Waals surface area contributed by atoms with Gasteiger partial charge >= 0.3 is 12.1 Å². The molecule has 0 aromatic carbocycles. The zero-order valence-electron chi connectivity index (χ0n) is 25.9. The number of fused-ring (bicyclic) bond motifs is 1. The fourth-order valence-corrected chi connectivity index (χ4v) is 5.25. The van der Waals surface area contributed by atoms with Crippen LogP contribution in [0.2, 0.25) is 0 Å². The molecule has 3 aromatic rings. The molecule has 1 aliphatic rings. The number of piperidine rings is 1. The van der Waals surface area contributed by atoms with E-state index >= 15 is 0 Å². The monoisotopic (exact) mass is 609 g/mol. The van der Waals surface area contributed by atoms with Crippen LogP contribution in [-0.4, -0.2) is 72.8 Å². The number of hydrogen-bond donors (Lipinski definition) is 4. The van der Waals surface area contributed by atoms with Gasteiger partial charge in [0.2, 0.25) is 0 Å². The van der Waals surface area contributed by atoms with Crippen LogP contribution >= 0.6 is 0 Å². The van der Waals surface area contributed by atoms with E-state index in [1.54, 1.807) is 37.5 Å². The molecule has 13 nitrogen and oxygen atoms in total. The molecule has 13 heteroatoms. The predicted octanol–water partition coefficient (Wildman–Crippen LogP) is 3.34. The summed E-state index contributed by atoms with van der Waals surface area (Å²) < 4.78 is 8.27. The van der Waals surface area contributed by atoms with Crippen molar-refractivity contribution in [3.63, 3.8) is 0 Å². The van der Waals surface area contributed by atoms with Crippen molar-refractivity contribution in [2.75, 3.05) is 29.9 Å². The van der Waals surface area contributed by atoms with Crippen molar-refractivity contribution in [3.05, 3.63) is 63.7 Å². The third kappa shape index (κ3) is 8.37. The molecule has 1 aliphatic heterocycles. The minimum absolute atomic E-state index is 0.0450. The number of aromatic nitrogens is 4. The molecule has 0 saturated carbocycles. The van der Waals surface area contributed by atoms with Crippen molar-refractivity contribution >= 4 is 29.3 Å². The second-order valence-corrected chi connectivity index (χ2v) is 11.9. The molecular formula is C31H43N7O6. The molecule has 4 N–H and O–H groups in total. The molecule has 4 rings (SSSR count). The number of nitrogens with zero attached hydrogens (tertiary/aromatic N) is 5. The van der Waals surface area contributed by atoms with Crippen LogP contribution in [0.1, 0.15) is 64.5 Å². The van der Waals surface area contributed by atoms with Gasteiger partial charge in [0.1, 0.15) is 17.2 Å². The zero-order chi connectivity index (χ0) is 31.9. The number of aliphatic hydroxyl groups excluding tert-OH is 1. The highest BCUT2D eigenvalue weighted by atomic mass is 16.6. The number of hydrogen-bond acceptors (Lipinski definition) is 9. The first kappa shape index (κ1) is 32.5. The number of rotatable bonds is 12. The summed E-state index contributed by atoms with van der Waals surface area (Å²) in [4.78, 5) is 43.7. The second kappa shape index (κ2) is 14.4. The Morgan fingerprint density at radius 2 is 2.02 bits per heavy atom. The predicted molar refractivity (Wildman–Crippen MR) is 167 cm³/mol. The van der Waals surface area contributed by atoms with Crippen LogP contribution in [0, 0.1) is 0 Å². The molecule has 44 heavy (non-hydrogen) atoms. The Balaban J connectivity index is 1.53. The summed E-state index contributed by atoms with van der Waals surface area (Å²) in [5, 5.41) is 29.9. The van der Waals surface area contributed by atoms with Crippen LogP contribution in [0.5, 0.6) is 0 Å². The highest BCUT2D eigenvalue weighted by Crippen LogP contribution is 2.29. The molecule has 3 aromatic heterocycles. The Morgan fingerprint density at radius 1 is 1.23 bits per heavy atom. The first-order chi connectivity index (χ1) is 21.0. The van der Waals surface area contributed by atoms with Gasteiger partial charge in [-0.25, -0.2) is 14.6 Å². The summed E-state index contributed by atoms with van der Waals surface area (Å²) in [6, 6.07) is 5.28. The van der Waals surface area contributed by atoms with E-state index < -0.39 is 17.7 Å². The standard InChI is InChI=1S/C31H43N7O6/c1-5-22-18-34-38-25(16-26(35-28(22)38)37-14-7-6-8-24(37)12-15-39)33-17-21-9-10-27(40)36(19-21)20-23(29(41)42)11-13-32-30(43)44-31(2,3)4/h9-11,16,18-19,24,33,39H,5-8,12-15,17,20H2,1-4H3,(H,32,43)(H,41,42). The van der Waals surface area contributed by atoms with Gasteiger partial charge < -0.3 is 35.1 Å². The quantitative estimate of drug-likeness (QED) is 0.224. The van der Waals surface area contributed by atoms with Gasteiger partial charge in [-0.05, 0) is 58.4 Å². The molecule has 238 valence electrons. The van der Waals surface area contributed by atoms with Gasteiger partial charge in [-0.1, -0.05) is 19.1 Å². The molecule has 0 bridgehead atoms. The zero-order valence-corrected chi connectivity index (χ0v) is 25.9. The summed E-state index contributed by atoms with van der Waals surface area (Å²) in [5.41, 5.74) is 1.47. The van der Waals surface area contributed by atoms with E-state index in [0.29, 0.717) is 13.0 Å². The lowest BCUT2D eigenvalue weighted by molar-refractivity contribution is -0.132. The fourth-order valence-electron chi connectivity index (χ4n) is 5.25. The van der Waals surface area contributed by atoms with Crippen molar-refractivity contribution in [2.24, 2.45) is 0 Å². The Bertz CT molecular complexity index is 1550. The molecular weight excluding hydrogens is 566 g/mol. The number of carboxylic acid groups (broad SMARTS) is 1. The van der Waals surface area contributed by atoms with Gasteiger partial charge in [0, 0.05) is 56.2 Å². The van der Waals surface area contributed by atoms with Crippen LogP contribution in [0.3, 0.4) is 0 Å². The van der Waals surface area contributed by atoms with Crippen molar-refractivity contribution in [1.82, 2.24) is 24.5 Å². The normalized spacial score (nSPS) is 15.8. The van der Waals surface area contributed by atoms with E-state index in [4.69, 9.17) is 9.72 Å². The van der Waals surface area contributed by atoms with E-state index in [1.165, 1.54) is 16.7 Å². The average molecular weight is 610 g/mol. The number of carboxylic acids is 1. The van der Waals surface area contributed by atoms with E-state index in [9.17, 15) is 24.6 Å². The first-order valence-corrected chi connectivity index (χ1v) is 15.1. The number of amides is 1. The summed E-state index contributed by atoms with van der Waals surface area (Å²) in [6.45, 7) is 8.34. The van der Waals surface area contributed by atoms with Gasteiger partial charge in [0.05, 0.1) is 18.3 Å². The number of alkyl carbamates (subject to hydrolysis) is 1. The number of aliphatic hydroxyl groups is 1. The minimum atomic E-state index is -1.19. The molecule has 1 amide bonds. The number of aliphatic carboxylic acids is 1. The number of carbonyl (C=O) groups excluding carboxylic acids is 1. The SMILES string of the molecule is CCc1cnn2c(NCc3ccc(=O)n(CC(=CCNC(=O)OC(C)(C)C)C(=O)O)c3)cc(N3CCCCC3CCO)nc12. The van der Waals surface area contributed by atoms with Crippen molar-refractivity contribution in [1.29, 1.82) is 0 Å². The molecule has 0 aliphatic carbocycles. The number of nitrogens with one attached hydrogen (secondary N) is 2. The second-order valence-electron chi connectivity index (χ2n) is 11.9. The van der Waals surface area contributed by atoms with E-state index in [1.807, 2.05) is 12.3 Å². The molecule has 0 spiro atoms. The van der Waals surface area contributed by atoms with Crippen molar-refractivity contribution in [2.45, 2.75) is 84.5 Å². The summed E-state index contributed by atoms with van der Waals surface area (Å²) >= 11 is 0. The molecule has 1 fully saturated rings. The Labute approximate surface area is 256 Å². The smallest absolute Gasteiger partial charge is 0.407 e. The third-order valence-electron chi connectivity index (χ3n) is 7.42. The van der Waals surface area contributed by atoms with E-state index in [2.05, 4.69) is 27.6 Å². The van der Waals surface area contributed by atoms with Crippen LogP contribution in [0.15, 0.2) is 47.0 Å². The summed E-state index contributed by atoms with van der Waals surface area (Å²) in [5.74, 6) is 0.366. The maximum absolute atomic E-state index is 12.6. The lowest BCUT2D eigenvalue weighted by Crippen LogP contribution is -2.40. The van der Waals surface area contributed by atoms with Crippen LogP contribution in [0.25, 0.3) is 5.65 Å². The highest BCUT2D eigenvalue weighted by molar-refractivity contribution is 5.86. The first-order valence-electron chi connectivity index (χ1n) is 15.1. The van der Waals surface area contributed by atoms with Crippen molar-refractivity contribution in [3.8, 4) is 0 Å². The molecule has 1 unspecified atom stereocenters. The van der Waals surface area contributed by atoms with Crippen LogP contribution < -0.4 is 21.1 Å². The maximum Gasteiger partial charge on any atom is 0.407 e. The van der Waals surface area contributed by atoms with Gasteiger partial charge in [0.25, 0.3) is 5.56 Å². The average Bonchev–Trinajstić information content (AvgIpc) is 3.39. The van der Waals surface area contributed by atoms with Gasteiger partial charge in [-0.2, -0.15) is 9.61 Å². The third-order valence-corrected chi connectivity index (χ3v) is 7.42. The molecule has 0 radical (unpaired) electrons. The van der Waals surface area contributed by atoms with Crippen LogP contribution in [-0.2, 0) is 29.0 Å². The largest absolute Gasteiger partial charge is 0.478 e. The Hall–Kier alpha value is -4.39. The Kier molecular flexibility index (Phi) is 10.6. The Morgan fingerprint density at radius 3 is 2.73 bits per heavy atom. The number of aryl methyl sites for hydroxylation is 1. The lowest BCUT2D eigenvalue weighted by Gasteiger charge is -2.36. The number of ether oxygens (including phenoxy) is 1. The summed E-state index contributed by atoms with van der Waals surface area (Å²) in [7, 11) is 0. The number of pyridine rings is 1. The van der Waals surface area contributed by atoms with Gasteiger partial charge in [0.15, 0.2) is 5.65 Å².